The molecule has 0 unspecified atom stereocenters. The Balaban J connectivity index is 1.32. The number of carbonyl (C=O) groups excluding carboxylic acids is 1. The van der Waals surface area contributed by atoms with Crippen LogP contribution >= 0.6 is 11.8 Å². The summed E-state index contributed by atoms with van der Waals surface area (Å²) >= 11 is 1.24. The summed E-state index contributed by atoms with van der Waals surface area (Å²) in [5.41, 5.74) is 0.829. The second kappa shape index (κ2) is 8.74. The fourth-order valence-electron chi connectivity index (χ4n) is 2.59. The standard InChI is InChI=1S/C19H17N5O4S/c1-2-24-18(14-9-6-10-26-14)21-22-19(24)29-12-16(25)27-11-15-20-17(23-28-15)13-7-4-3-5-8-13/h3-10H,2,11-12H2,1H3. The summed E-state index contributed by atoms with van der Waals surface area (Å²) in [6.07, 6.45) is 1.58. The molecule has 4 aromatic rings. The van der Waals surface area contributed by atoms with Gasteiger partial charge in [-0.15, -0.1) is 10.2 Å². The second-order valence-electron chi connectivity index (χ2n) is 5.85. The van der Waals surface area contributed by atoms with Crippen LogP contribution in [0, 0.1) is 0 Å². The molecule has 0 amide bonds. The first-order valence-corrected chi connectivity index (χ1v) is 9.86. The Bertz CT molecular complexity index is 1080. The molecule has 9 nitrogen and oxygen atoms in total. The van der Waals surface area contributed by atoms with Crippen LogP contribution in [0.15, 0.2) is 62.8 Å². The number of esters is 1. The van der Waals surface area contributed by atoms with Gasteiger partial charge in [0.15, 0.2) is 23.3 Å². The van der Waals surface area contributed by atoms with Gasteiger partial charge in [-0.2, -0.15) is 4.98 Å². The van der Waals surface area contributed by atoms with Gasteiger partial charge in [0.1, 0.15) is 0 Å². The summed E-state index contributed by atoms with van der Waals surface area (Å²) in [7, 11) is 0. The predicted octanol–water partition coefficient (Wildman–Crippen LogP) is 3.44. The van der Waals surface area contributed by atoms with E-state index in [2.05, 4.69) is 20.3 Å². The highest BCUT2D eigenvalue weighted by Crippen LogP contribution is 2.24. The molecule has 0 aliphatic rings. The normalized spacial score (nSPS) is 10.9. The molecule has 1 aromatic carbocycles. The lowest BCUT2D eigenvalue weighted by atomic mass is 10.2. The summed E-state index contributed by atoms with van der Waals surface area (Å²) in [5.74, 6) is 1.59. The van der Waals surface area contributed by atoms with Crippen molar-refractivity contribution < 1.29 is 18.5 Å². The molecular weight excluding hydrogens is 394 g/mol. The van der Waals surface area contributed by atoms with E-state index in [1.54, 1.807) is 12.3 Å². The topological polar surface area (TPSA) is 109 Å². The van der Waals surface area contributed by atoms with E-state index in [9.17, 15) is 4.79 Å². The average molecular weight is 411 g/mol. The van der Waals surface area contributed by atoms with Gasteiger partial charge in [-0.3, -0.25) is 9.36 Å². The third-order valence-corrected chi connectivity index (χ3v) is 4.89. The van der Waals surface area contributed by atoms with Gasteiger partial charge in [-0.1, -0.05) is 47.3 Å². The van der Waals surface area contributed by atoms with E-state index in [0.717, 1.165) is 5.56 Å². The van der Waals surface area contributed by atoms with Crippen LogP contribution in [0.5, 0.6) is 0 Å². The number of thioether (sulfide) groups is 1. The summed E-state index contributed by atoms with van der Waals surface area (Å²) in [6.45, 7) is 2.53. The maximum absolute atomic E-state index is 12.1. The van der Waals surface area contributed by atoms with Gasteiger partial charge in [0, 0.05) is 12.1 Å². The van der Waals surface area contributed by atoms with Crippen LogP contribution in [0.25, 0.3) is 23.0 Å². The quantitative estimate of drug-likeness (QED) is 0.318. The number of hydrogen-bond donors (Lipinski definition) is 0. The van der Waals surface area contributed by atoms with E-state index in [4.69, 9.17) is 13.7 Å². The number of benzene rings is 1. The number of carbonyl (C=O) groups is 1. The lowest BCUT2D eigenvalue weighted by Gasteiger charge is -2.05. The Morgan fingerprint density at radius 2 is 2.03 bits per heavy atom. The van der Waals surface area contributed by atoms with Crippen molar-refractivity contribution in [1.29, 1.82) is 0 Å². The van der Waals surface area contributed by atoms with Crippen molar-refractivity contribution in [3.63, 3.8) is 0 Å². The number of furan rings is 1. The average Bonchev–Trinajstić information content (AvgIpc) is 3.51. The minimum absolute atomic E-state index is 0.0793. The molecule has 148 valence electrons. The first-order valence-electron chi connectivity index (χ1n) is 8.88. The van der Waals surface area contributed by atoms with Gasteiger partial charge in [0.05, 0.1) is 12.0 Å². The SMILES string of the molecule is CCn1c(SCC(=O)OCc2nc(-c3ccccc3)no2)nnc1-c1ccco1. The fourth-order valence-corrected chi connectivity index (χ4v) is 3.39. The van der Waals surface area contributed by atoms with E-state index in [1.807, 2.05) is 47.9 Å². The van der Waals surface area contributed by atoms with E-state index >= 15 is 0 Å². The Morgan fingerprint density at radius 3 is 2.79 bits per heavy atom. The first-order chi connectivity index (χ1) is 14.2. The summed E-state index contributed by atoms with van der Waals surface area (Å²) in [4.78, 5) is 16.3. The van der Waals surface area contributed by atoms with E-state index in [0.29, 0.717) is 29.1 Å². The van der Waals surface area contributed by atoms with Crippen molar-refractivity contribution in [3.8, 4) is 23.0 Å². The monoisotopic (exact) mass is 411 g/mol. The lowest BCUT2D eigenvalue weighted by molar-refractivity contribution is -0.142. The van der Waals surface area contributed by atoms with Crippen LogP contribution in [-0.4, -0.2) is 36.6 Å². The van der Waals surface area contributed by atoms with Crippen LogP contribution in [0.1, 0.15) is 12.8 Å². The smallest absolute Gasteiger partial charge is 0.316 e. The van der Waals surface area contributed by atoms with Gasteiger partial charge in [-0.25, -0.2) is 0 Å². The Morgan fingerprint density at radius 1 is 1.17 bits per heavy atom. The Kier molecular flexibility index (Phi) is 5.71. The van der Waals surface area contributed by atoms with Crippen LogP contribution in [0.4, 0.5) is 0 Å². The molecule has 0 fully saturated rings. The molecule has 10 heteroatoms. The second-order valence-corrected chi connectivity index (χ2v) is 6.80. The summed E-state index contributed by atoms with van der Waals surface area (Å²) < 4.78 is 17.6. The molecule has 0 saturated carbocycles. The third-order valence-electron chi connectivity index (χ3n) is 3.95. The predicted molar refractivity (Wildman–Crippen MR) is 104 cm³/mol. The van der Waals surface area contributed by atoms with Crippen molar-refractivity contribution in [1.82, 2.24) is 24.9 Å². The van der Waals surface area contributed by atoms with Crippen LogP contribution in [0.2, 0.25) is 0 Å². The molecule has 0 radical (unpaired) electrons. The van der Waals surface area contributed by atoms with Crippen molar-refractivity contribution >= 4 is 17.7 Å². The molecule has 0 bridgehead atoms. The minimum Gasteiger partial charge on any atom is -0.461 e. The number of ether oxygens (including phenoxy) is 1. The minimum atomic E-state index is -0.417. The molecule has 3 heterocycles. The molecular formula is C19H17N5O4S. The van der Waals surface area contributed by atoms with Gasteiger partial charge in [-0.05, 0) is 19.1 Å². The number of rotatable bonds is 8. The van der Waals surface area contributed by atoms with Crippen molar-refractivity contribution in [2.75, 3.05) is 5.75 Å². The maximum atomic E-state index is 12.1. The highest BCUT2D eigenvalue weighted by atomic mass is 32.2. The van der Waals surface area contributed by atoms with E-state index < -0.39 is 5.97 Å². The maximum Gasteiger partial charge on any atom is 0.316 e. The fraction of sp³-hybridized carbons (Fsp3) is 0.211. The van der Waals surface area contributed by atoms with Crippen LogP contribution in [-0.2, 0) is 22.7 Å². The molecule has 0 N–H and O–H groups in total. The van der Waals surface area contributed by atoms with E-state index in [-0.39, 0.29) is 18.3 Å². The van der Waals surface area contributed by atoms with Gasteiger partial charge < -0.3 is 13.7 Å². The zero-order valence-corrected chi connectivity index (χ0v) is 16.3. The zero-order valence-electron chi connectivity index (χ0n) is 15.5. The Labute approximate surface area is 170 Å². The van der Waals surface area contributed by atoms with Crippen molar-refractivity contribution in [2.24, 2.45) is 0 Å². The van der Waals surface area contributed by atoms with Gasteiger partial charge >= 0.3 is 5.97 Å². The number of nitrogens with zero attached hydrogens (tertiary/aromatic N) is 5. The molecule has 4 rings (SSSR count). The van der Waals surface area contributed by atoms with Gasteiger partial charge in [0.2, 0.25) is 5.82 Å². The molecule has 0 aliphatic heterocycles. The van der Waals surface area contributed by atoms with Crippen LogP contribution < -0.4 is 0 Å². The lowest BCUT2D eigenvalue weighted by Crippen LogP contribution is -2.09. The van der Waals surface area contributed by atoms with Crippen molar-refractivity contribution in [2.45, 2.75) is 25.2 Å². The number of aromatic nitrogens is 5. The molecule has 29 heavy (non-hydrogen) atoms. The molecule has 0 saturated heterocycles. The summed E-state index contributed by atoms with van der Waals surface area (Å²) in [6, 6.07) is 13.0. The highest BCUT2D eigenvalue weighted by molar-refractivity contribution is 7.99. The Hall–Kier alpha value is -3.40. The molecule has 0 aliphatic carbocycles. The third kappa shape index (κ3) is 4.37. The largest absolute Gasteiger partial charge is 0.461 e. The molecule has 0 spiro atoms. The number of hydrogen-bond acceptors (Lipinski definition) is 9. The summed E-state index contributed by atoms with van der Waals surface area (Å²) in [5, 5.41) is 12.8. The first kappa shape index (κ1) is 18.9. The zero-order chi connectivity index (χ0) is 20.1. The van der Waals surface area contributed by atoms with E-state index in [1.165, 1.54) is 11.8 Å². The van der Waals surface area contributed by atoms with Crippen molar-refractivity contribution in [3.05, 3.63) is 54.6 Å². The molecule has 0 atom stereocenters. The molecule has 3 aromatic heterocycles. The van der Waals surface area contributed by atoms with Gasteiger partial charge in [0.25, 0.3) is 5.89 Å². The van der Waals surface area contributed by atoms with Crippen LogP contribution in [0.3, 0.4) is 0 Å². The highest BCUT2D eigenvalue weighted by Gasteiger charge is 2.17.